The predicted molar refractivity (Wildman–Crippen MR) is 121 cm³/mol. The number of amides is 2. The fourth-order valence-corrected chi connectivity index (χ4v) is 3.78. The Morgan fingerprint density at radius 2 is 2.20 bits per heavy atom. The lowest BCUT2D eigenvalue weighted by molar-refractivity contribution is 0.147. The molecule has 8 heteroatoms. The smallest absolute Gasteiger partial charge is 0.320 e. The molecule has 30 heavy (non-hydrogen) atoms. The van der Waals surface area contributed by atoms with E-state index in [0.29, 0.717) is 37.4 Å². The van der Waals surface area contributed by atoms with Crippen LogP contribution in [0, 0.1) is 0 Å². The fraction of sp³-hybridized carbons (Fsp3) is 0.318. The number of rotatable bonds is 5. The first-order chi connectivity index (χ1) is 14.4. The van der Waals surface area contributed by atoms with Gasteiger partial charge in [-0.2, -0.15) is 0 Å². The maximum absolute atomic E-state index is 13.1. The molecule has 4 N–H and O–H groups in total. The predicted octanol–water partition coefficient (Wildman–Crippen LogP) is 2.08. The molecule has 0 aliphatic carbocycles. The number of nitrogen functional groups attached to an aromatic ring is 1. The minimum absolute atomic E-state index is 0.0459. The topological polar surface area (TPSA) is 104 Å². The number of hydrogen-bond donors (Lipinski definition) is 2. The van der Waals surface area contributed by atoms with Crippen molar-refractivity contribution in [2.45, 2.75) is 19.0 Å². The van der Waals surface area contributed by atoms with Gasteiger partial charge in [-0.05, 0) is 48.5 Å². The van der Waals surface area contributed by atoms with Crippen LogP contribution in [0.5, 0.6) is 0 Å². The van der Waals surface area contributed by atoms with Crippen LogP contribution in [0.15, 0.2) is 59.6 Å². The van der Waals surface area contributed by atoms with Crippen molar-refractivity contribution in [3.8, 4) is 0 Å². The molecule has 1 aromatic heterocycles. The van der Waals surface area contributed by atoms with Gasteiger partial charge in [0.15, 0.2) is 0 Å². The lowest BCUT2D eigenvalue weighted by Gasteiger charge is -2.34. The van der Waals surface area contributed by atoms with Crippen molar-refractivity contribution < 1.29 is 4.79 Å². The molecule has 0 saturated heterocycles. The molecule has 2 amide bonds. The third kappa shape index (κ3) is 4.89. The van der Waals surface area contributed by atoms with Crippen molar-refractivity contribution in [1.82, 2.24) is 14.8 Å². The highest BCUT2D eigenvalue weighted by molar-refractivity contribution is 5.75. The first kappa shape index (κ1) is 21.2. The number of hydrogen-bond acceptors (Lipinski definition) is 6. The van der Waals surface area contributed by atoms with Crippen molar-refractivity contribution in [3.05, 3.63) is 65.7 Å². The number of aromatic nitrogens is 1. The zero-order chi connectivity index (χ0) is 21.7. The van der Waals surface area contributed by atoms with Gasteiger partial charge in [0, 0.05) is 62.9 Å². The molecule has 2 heterocycles. The van der Waals surface area contributed by atoms with E-state index in [4.69, 9.17) is 11.5 Å². The average molecular weight is 408 g/mol. The second kappa shape index (κ2) is 9.30. The first-order valence-corrected chi connectivity index (χ1v) is 9.79. The number of nitrogens with two attached hydrogens (primary N) is 2. The number of urea groups is 1. The molecule has 0 radical (unpaired) electrons. The zero-order valence-electron chi connectivity index (χ0n) is 17.5. The Labute approximate surface area is 177 Å². The van der Waals surface area contributed by atoms with Crippen LogP contribution >= 0.6 is 0 Å². The number of benzene rings is 1. The van der Waals surface area contributed by atoms with E-state index in [9.17, 15) is 4.79 Å². The van der Waals surface area contributed by atoms with Gasteiger partial charge in [-0.1, -0.05) is 6.07 Å². The lowest BCUT2D eigenvalue weighted by Crippen LogP contribution is -2.49. The standard InChI is InChI=1S/C22H29N7O/c1-25-12-19(24)14-28-15-20(9-16-5-4-8-26-11-16)29(22(30)27(2)3)13-17-10-18(23)6-7-21(17)28/h4-8,10-12,20H,1,9,13-15,23-24H2,2-3H3/b19-12-/t20-/m1/s1. The van der Waals surface area contributed by atoms with Gasteiger partial charge in [0.1, 0.15) is 0 Å². The van der Waals surface area contributed by atoms with Crippen molar-refractivity contribution in [2.75, 3.05) is 37.8 Å². The van der Waals surface area contributed by atoms with Gasteiger partial charge >= 0.3 is 6.03 Å². The van der Waals surface area contributed by atoms with E-state index in [0.717, 1.165) is 16.8 Å². The second-order valence-corrected chi connectivity index (χ2v) is 7.68. The minimum atomic E-state index is -0.0813. The Balaban J connectivity index is 2.03. The monoisotopic (exact) mass is 407 g/mol. The summed E-state index contributed by atoms with van der Waals surface area (Å²) in [5.74, 6) is 0. The van der Waals surface area contributed by atoms with Gasteiger partial charge in [-0.3, -0.25) is 9.98 Å². The Kier molecular flexibility index (Phi) is 6.56. The number of anilines is 2. The number of fused-ring (bicyclic) bond motifs is 1. The molecule has 0 bridgehead atoms. The molecule has 1 aliphatic rings. The summed E-state index contributed by atoms with van der Waals surface area (Å²) in [5.41, 5.74) is 16.5. The van der Waals surface area contributed by atoms with Crippen molar-refractivity contribution >= 4 is 24.1 Å². The molecule has 0 saturated carbocycles. The van der Waals surface area contributed by atoms with Crippen molar-refractivity contribution in [3.63, 3.8) is 0 Å². The van der Waals surface area contributed by atoms with Crippen LogP contribution in [-0.4, -0.2) is 60.8 Å². The molecular formula is C22H29N7O. The molecule has 0 spiro atoms. The van der Waals surface area contributed by atoms with Crippen molar-refractivity contribution in [1.29, 1.82) is 0 Å². The molecular weight excluding hydrogens is 378 g/mol. The Hall–Kier alpha value is -3.55. The number of nitrogens with zero attached hydrogens (tertiary/aromatic N) is 5. The third-order valence-electron chi connectivity index (χ3n) is 5.11. The van der Waals surface area contributed by atoms with Gasteiger partial charge in [0.25, 0.3) is 0 Å². The van der Waals surface area contributed by atoms with Crippen LogP contribution in [0.2, 0.25) is 0 Å². The molecule has 1 aliphatic heterocycles. The zero-order valence-corrected chi connectivity index (χ0v) is 17.5. The minimum Gasteiger partial charge on any atom is -0.399 e. The first-order valence-electron chi connectivity index (χ1n) is 9.79. The summed E-state index contributed by atoms with van der Waals surface area (Å²) in [6, 6.07) is 9.60. The quantitative estimate of drug-likeness (QED) is 0.583. The Morgan fingerprint density at radius 3 is 2.87 bits per heavy atom. The maximum atomic E-state index is 13.1. The average Bonchev–Trinajstić information content (AvgIpc) is 2.85. The van der Waals surface area contributed by atoms with E-state index in [1.165, 1.54) is 0 Å². The molecule has 158 valence electrons. The van der Waals surface area contributed by atoms with E-state index < -0.39 is 0 Å². The summed E-state index contributed by atoms with van der Waals surface area (Å²) >= 11 is 0. The van der Waals surface area contributed by atoms with E-state index in [2.05, 4.69) is 21.6 Å². The van der Waals surface area contributed by atoms with E-state index in [-0.39, 0.29) is 12.1 Å². The number of carbonyl (C=O) groups excluding carboxylic acids is 1. The fourth-order valence-electron chi connectivity index (χ4n) is 3.78. The summed E-state index contributed by atoms with van der Waals surface area (Å²) < 4.78 is 0. The molecule has 8 nitrogen and oxygen atoms in total. The van der Waals surface area contributed by atoms with Crippen molar-refractivity contribution in [2.24, 2.45) is 10.7 Å². The van der Waals surface area contributed by atoms with Gasteiger partial charge in [0.2, 0.25) is 0 Å². The Morgan fingerprint density at radius 1 is 1.40 bits per heavy atom. The molecule has 1 aromatic carbocycles. The van der Waals surface area contributed by atoms with Crippen LogP contribution in [0.1, 0.15) is 11.1 Å². The second-order valence-electron chi connectivity index (χ2n) is 7.68. The normalized spacial score (nSPS) is 16.6. The van der Waals surface area contributed by atoms with Gasteiger partial charge < -0.3 is 26.2 Å². The highest BCUT2D eigenvalue weighted by Gasteiger charge is 2.32. The van der Waals surface area contributed by atoms with Crippen LogP contribution in [0.25, 0.3) is 0 Å². The van der Waals surface area contributed by atoms with Crippen LogP contribution in [0.4, 0.5) is 16.2 Å². The highest BCUT2D eigenvalue weighted by Crippen LogP contribution is 2.31. The molecule has 2 aromatic rings. The molecule has 3 rings (SSSR count). The number of pyridine rings is 1. The van der Waals surface area contributed by atoms with Crippen LogP contribution < -0.4 is 16.4 Å². The summed E-state index contributed by atoms with van der Waals surface area (Å²) in [7, 11) is 3.53. The van der Waals surface area contributed by atoms with E-state index >= 15 is 0 Å². The largest absolute Gasteiger partial charge is 0.399 e. The maximum Gasteiger partial charge on any atom is 0.320 e. The van der Waals surface area contributed by atoms with Crippen LogP contribution in [-0.2, 0) is 13.0 Å². The van der Waals surface area contributed by atoms with Crippen LogP contribution in [0.3, 0.4) is 0 Å². The molecule has 0 unspecified atom stereocenters. The lowest BCUT2D eigenvalue weighted by atomic mass is 10.1. The number of carbonyl (C=O) groups is 1. The SMILES string of the molecule is C=N/C=C(\N)CN1C[C@@H](Cc2cccnc2)N(C(=O)N(C)C)Cc2cc(N)ccc21. The molecule has 0 fully saturated rings. The van der Waals surface area contributed by atoms with E-state index in [1.54, 1.807) is 31.4 Å². The van der Waals surface area contributed by atoms with Gasteiger partial charge in [0.05, 0.1) is 12.6 Å². The number of aliphatic imine (C=N–C) groups is 1. The summed E-state index contributed by atoms with van der Waals surface area (Å²) in [6.45, 7) is 5.03. The Bertz CT molecular complexity index is 926. The van der Waals surface area contributed by atoms with Gasteiger partial charge in [-0.25, -0.2) is 4.79 Å². The summed E-state index contributed by atoms with van der Waals surface area (Å²) in [6.07, 6.45) is 5.82. The highest BCUT2D eigenvalue weighted by atomic mass is 16.2. The summed E-state index contributed by atoms with van der Waals surface area (Å²) in [5, 5.41) is 0. The third-order valence-corrected chi connectivity index (χ3v) is 5.11. The summed E-state index contributed by atoms with van der Waals surface area (Å²) in [4.78, 5) is 26.8. The van der Waals surface area contributed by atoms with E-state index in [1.807, 2.05) is 41.4 Å². The van der Waals surface area contributed by atoms with Gasteiger partial charge in [-0.15, -0.1) is 0 Å². The molecule has 1 atom stereocenters.